The fourth-order valence-corrected chi connectivity index (χ4v) is 6.74. The summed E-state index contributed by atoms with van der Waals surface area (Å²) in [6, 6.07) is 24.2. The third-order valence-corrected chi connectivity index (χ3v) is 9.77. The summed E-state index contributed by atoms with van der Waals surface area (Å²) in [5, 5.41) is 13.3. The van der Waals surface area contributed by atoms with Crippen LogP contribution in [0.1, 0.15) is 23.0 Å². The van der Waals surface area contributed by atoms with Gasteiger partial charge in [0.05, 0.1) is 11.8 Å². The first-order valence-electron chi connectivity index (χ1n) is 9.92. The van der Waals surface area contributed by atoms with Gasteiger partial charge in [-0.15, -0.1) is 0 Å². The number of halogens is 2. The van der Waals surface area contributed by atoms with Crippen LogP contribution in [0, 0.1) is 10.1 Å². The molecular weight excluding hydrogens is 494 g/mol. The molecule has 0 radical (unpaired) electrons. The van der Waals surface area contributed by atoms with Crippen molar-refractivity contribution in [1.29, 1.82) is 0 Å². The molecule has 4 nitrogen and oxygen atoms in total. The summed E-state index contributed by atoms with van der Waals surface area (Å²) in [7, 11) is -2.60. The number of carbonyl (C=O) groups excluding carboxylic acids is 1. The van der Waals surface area contributed by atoms with Gasteiger partial charge in [-0.3, -0.25) is 10.1 Å². The van der Waals surface area contributed by atoms with Gasteiger partial charge in [0, 0.05) is 14.4 Å². The molecule has 160 valence electrons. The Balaban J connectivity index is 2.16. The highest BCUT2D eigenvalue weighted by molar-refractivity contribution is 9.10. The molecule has 0 amide bonds. The van der Waals surface area contributed by atoms with Crippen LogP contribution in [0.2, 0.25) is 18.1 Å². The van der Waals surface area contributed by atoms with Gasteiger partial charge >= 0.3 is 0 Å². The second-order valence-electron chi connectivity index (χ2n) is 8.06. The zero-order valence-corrected chi connectivity index (χ0v) is 20.6. The van der Waals surface area contributed by atoms with Crippen LogP contribution in [0.15, 0.2) is 83.3 Å². The Morgan fingerprint density at radius 2 is 1.52 bits per heavy atom. The molecule has 0 saturated carbocycles. The first-order valence-corrected chi connectivity index (χ1v) is 14.1. The highest BCUT2D eigenvalue weighted by Crippen LogP contribution is 2.37. The van der Waals surface area contributed by atoms with E-state index in [9.17, 15) is 14.9 Å². The summed E-state index contributed by atoms with van der Waals surface area (Å²) >= 11 is 9.51. The lowest BCUT2D eigenvalue weighted by Gasteiger charge is -2.31. The van der Waals surface area contributed by atoms with E-state index in [4.69, 9.17) is 11.6 Å². The summed E-state index contributed by atoms with van der Waals surface area (Å²) in [4.78, 5) is 25.4. The van der Waals surface area contributed by atoms with Gasteiger partial charge in [0.2, 0.25) is 6.54 Å². The topological polar surface area (TPSA) is 60.2 Å². The predicted octanol–water partition coefficient (Wildman–Crippen LogP) is 5.97. The Morgan fingerprint density at radius 3 is 2.06 bits per heavy atom. The Morgan fingerprint density at radius 1 is 0.968 bits per heavy atom. The maximum atomic E-state index is 14.1. The maximum absolute atomic E-state index is 14.1. The van der Waals surface area contributed by atoms with Gasteiger partial charge in [0.25, 0.3) is 0 Å². The Labute approximate surface area is 196 Å². The number of hydrogen-bond acceptors (Lipinski definition) is 3. The fourth-order valence-electron chi connectivity index (χ4n) is 3.90. The minimum absolute atomic E-state index is 0.0655. The highest BCUT2D eigenvalue weighted by atomic mass is 79.9. The van der Waals surface area contributed by atoms with E-state index in [0.717, 1.165) is 20.8 Å². The van der Waals surface area contributed by atoms with Gasteiger partial charge in [-0.2, -0.15) is 0 Å². The molecule has 3 aromatic carbocycles. The van der Waals surface area contributed by atoms with E-state index in [0.29, 0.717) is 5.02 Å². The molecule has 3 rings (SSSR count). The summed E-state index contributed by atoms with van der Waals surface area (Å²) in [6.07, 6.45) is 0. The number of nitro groups is 1. The van der Waals surface area contributed by atoms with Crippen LogP contribution in [-0.2, 0) is 4.79 Å². The van der Waals surface area contributed by atoms with Crippen molar-refractivity contribution in [3.63, 3.8) is 0 Å². The van der Waals surface area contributed by atoms with Crippen molar-refractivity contribution in [2.24, 2.45) is 0 Å². The third kappa shape index (κ3) is 5.50. The van der Waals surface area contributed by atoms with Crippen LogP contribution in [0.25, 0.3) is 0 Å². The lowest BCUT2D eigenvalue weighted by atomic mass is 9.82. The van der Waals surface area contributed by atoms with Gasteiger partial charge in [0.15, 0.2) is 8.07 Å². The van der Waals surface area contributed by atoms with Crippen molar-refractivity contribution in [1.82, 2.24) is 0 Å². The standard InChI is InChI=1S/C24H23BrClNO3Si/c1-31(2,21-6-4-3-5-7-21)24(28)23(18-10-14-20(26)15-11-18)22(16-27(29)30)17-8-12-19(25)13-9-17/h3-15,22-23H,16H2,1-2H3/t22-,23+/m0/s1. The molecule has 0 aliphatic carbocycles. The molecule has 0 aromatic heterocycles. The number of nitrogens with zero attached hydrogens (tertiary/aromatic N) is 1. The number of rotatable bonds is 8. The van der Waals surface area contributed by atoms with Gasteiger partial charge < -0.3 is 4.79 Å². The normalized spacial score (nSPS) is 13.4. The molecule has 2 atom stereocenters. The minimum atomic E-state index is -2.60. The van der Waals surface area contributed by atoms with E-state index in [1.54, 1.807) is 12.1 Å². The average molecular weight is 517 g/mol. The monoisotopic (exact) mass is 515 g/mol. The molecule has 0 aliphatic heterocycles. The van der Waals surface area contributed by atoms with E-state index in [1.165, 1.54) is 0 Å². The Hall–Kier alpha value is -2.28. The van der Waals surface area contributed by atoms with Crippen molar-refractivity contribution in [2.45, 2.75) is 24.9 Å². The third-order valence-electron chi connectivity index (χ3n) is 5.67. The Bertz CT molecular complexity index is 1060. The minimum Gasteiger partial charge on any atom is -0.304 e. The quantitative estimate of drug-likeness (QED) is 0.210. The number of carbonyl (C=O) groups is 1. The lowest BCUT2D eigenvalue weighted by Crippen LogP contribution is -2.53. The van der Waals surface area contributed by atoms with E-state index in [-0.39, 0.29) is 16.9 Å². The van der Waals surface area contributed by atoms with Crippen molar-refractivity contribution < 1.29 is 9.72 Å². The Kier molecular flexibility index (Phi) is 7.46. The molecule has 0 bridgehead atoms. The van der Waals surface area contributed by atoms with Crippen molar-refractivity contribution in [3.8, 4) is 0 Å². The number of hydrogen-bond donors (Lipinski definition) is 0. The summed E-state index contributed by atoms with van der Waals surface area (Å²) < 4.78 is 0.879. The second kappa shape index (κ2) is 9.89. The first kappa shape index (κ1) is 23.4. The molecule has 0 fully saturated rings. The van der Waals surface area contributed by atoms with Gasteiger partial charge in [-0.1, -0.05) is 100 Å². The fraction of sp³-hybridized carbons (Fsp3) is 0.208. The molecule has 0 spiro atoms. The molecular formula is C24H23BrClNO3Si. The zero-order chi connectivity index (χ0) is 22.6. The van der Waals surface area contributed by atoms with Gasteiger partial charge in [-0.05, 0) is 35.4 Å². The van der Waals surface area contributed by atoms with Gasteiger partial charge in [-0.25, -0.2) is 0 Å². The zero-order valence-electron chi connectivity index (χ0n) is 17.3. The molecule has 0 heterocycles. The van der Waals surface area contributed by atoms with Crippen LogP contribution >= 0.6 is 27.5 Å². The van der Waals surface area contributed by atoms with Crippen LogP contribution in [0.5, 0.6) is 0 Å². The van der Waals surface area contributed by atoms with Gasteiger partial charge in [0.1, 0.15) is 5.41 Å². The lowest BCUT2D eigenvalue weighted by molar-refractivity contribution is -0.483. The first-order chi connectivity index (χ1) is 14.7. The molecule has 0 saturated heterocycles. The highest BCUT2D eigenvalue weighted by Gasteiger charge is 2.43. The molecule has 3 aromatic rings. The van der Waals surface area contributed by atoms with E-state index in [2.05, 4.69) is 15.9 Å². The summed E-state index contributed by atoms with van der Waals surface area (Å²) in [6.45, 7) is 3.69. The molecule has 0 unspecified atom stereocenters. The van der Waals surface area contributed by atoms with Crippen molar-refractivity contribution in [3.05, 3.63) is 110 Å². The van der Waals surface area contributed by atoms with E-state index in [1.807, 2.05) is 79.8 Å². The average Bonchev–Trinajstić information content (AvgIpc) is 2.75. The van der Waals surface area contributed by atoms with Crippen molar-refractivity contribution >= 4 is 46.2 Å². The van der Waals surface area contributed by atoms with Crippen molar-refractivity contribution in [2.75, 3.05) is 6.54 Å². The predicted molar refractivity (Wildman–Crippen MR) is 132 cm³/mol. The van der Waals surface area contributed by atoms with E-state index >= 15 is 0 Å². The number of benzene rings is 3. The second-order valence-corrected chi connectivity index (χ2v) is 13.7. The maximum Gasteiger partial charge on any atom is 0.211 e. The molecule has 0 N–H and O–H groups in total. The van der Waals surface area contributed by atoms with Crippen LogP contribution in [0.3, 0.4) is 0 Å². The van der Waals surface area contributed by atoms with Crippen LogP contribution < -0.4 is 5.19 Å². The summed E-state index contributed by atoms with van der Waals surface area (Å²) in [5.74, 6) is -1.24. The smallest absolute Gasteiger partial charge is 0.211 e. The molecule has 7 heteroatoms. The largest absolute Gasteiger partial charge is 0.304 e. The SMILES string of the molecule is C[Si](C)(C(=O)[C@H](c1ccc(Cl)cc1)[C@@H](C[N+](=O)[O-])c1ccc(Br)cc1)c1ccccc1. The molecule has 0 aliphatic rings. The van der Waals surface area contributed by atoms with Crippen LogP contribution in [-0.4, -0.2) is 24.9 Å². The van der Waals surface area contributed by atoms with E-state index < -0.39 is 19.9 Å². The molecule has 31 heavy (non-hydrogen) atoms. The summed E-state index contributed by atoms with van der Waals surface area (Å²) in [5.41, 5.74) is 1.52. The van der Waals surface area contributed by atoms with Crippen LogP contribution in [0.4, 0.5) is 0 Å².